The fraction of sp³-hybridized carbons (Fsp3) is 0.370. The monoisotopic (exact) mass is 442 g/mol. The van der Waals surface area contributed by atoms with Crippen molar-refractivity contribution in [3.05, 3.63) is 71.8 Å². The van der Waals surface area contributed by atoms with Gasteiger partial charge in [0.1, 0.15) is 12.4 Å². The highest BCUT2D eigenvalue weighted by atomic mass is 16.5. The Hall–Kier alpha value is -3.41. The fourth-order valence-electron chi connectivity index (χ4n) is 6.20. The normalized spacial score (nSPS) is 30.8. The van der Waals surface area contributed by atoms with E-state index in [2.05, 4.69) is 12.2 Å². The van der Waals surface area contributed by atoms with Crippen LogP contribution in [0.4, 0.5) is 5.69 Å². The Morgan fingerprint density at radius 2 is 1.64 bits per heavy atom. The Balaban J connectivity index is 1.34. The lowest BCUT2D eigenvalue weighted by Gasteiger charge is -2.37. The van der Waals surface area contributed by atoms with E-state index in [1.165, 1.54) is 9.80 Å². The molecule has 4 aliphatic carbocycles. The first kappa shape index (κ1) is 20.2. The van der Waals surface area contributed by atoms with Crippen molar-refractivity contribution < 1.29 is 19.1 Å². The molecule has 0 radical (unpaired) electrons. The van der Waals surface area contributed by atoms with E-state index in [-0.39, 0.29) is 48.1 Å². The van der Waals surface area contributed by atoms with Crippen LogP contribution in [0.15, 0.2) is 60.7 Å². The predicted octanol–water partition coefficient (Wildman–Crippen LogP) is 3.66. The summed E-state index contributed by atoms with van der Waals surface area (Å²) in [6.07, 6.45) is 5.45. The second-order valence-electron chi connectivity index (χ2n) is 9.70. The number of methoxy groups -OCH3 is 1. The molecule has 2 bridgehead atoms. The van der Waals surface area contributed by atoms with Crippen LogP contribution in [0.25, 0.3) is 0 Å². The molecule has 33 heavy (non-hydrogen) atoms. The number of rotatable bonds is 5. The van der Waals surface area contributed by atoms with E-state index >= 15 is 0 Å². The molecule has 0 aromatic heterocycles. The van der Waals surface area contributed by atoms with Crippen molar-refractivity contribution in [1.82, 2.24) is 4.90 Å². The number of carbonyl (C=O) groups is 3. The maximum Gasteiger partial charge on any atom is 0.259 e. The van der Waals surface area contributed by atoms with Gasteiger partial charge in [-0.05, 0) is 67.3 Å². The van der Waals surface area contributed by atoms with Crippen molar-refractivity contribution in [1.29, 1.82) is 0 Å². The van der Waals surface area contributed by atoms with Crippen LogP contribution in [0, 0.1) is 42.4 Å². The third kappa shape index (κ3) is 3.04. The first-order chi connectivity index (χ1) is 16.0. The third-order valence-electron chi connectivity index (χ3n) is 7.94. The molecule has 0 N–H and O–H groups in total. The summed E-state index contributed by atoms with van der Waals surface area (Å²) < 4.78 is 5.29. The molecule has 6 atom stereocenters. The maximum atomic E-state index is 13.6. The summed E-state index contributed by atoms with van der Waals surface area (Å²) >= 11 is 0. The lowest BCUT2D eigenvalue weighted by atomic mass is 9.63. The molecule has 2 aromatic carbocycles. The van der Waals surface area contributed by atoms with Gasteiger partial charge >= 0.3 is 0 Å². The van der Waals surface area contributed by atoms with Crippen molar-refractivity contribution in [2.24, 2.45) is 35.5 Å². The summed E-state index contributed by atoms with van der Waals surface area (Å²) in [5, 5.41) is 0. The van der Waals surface area contributed by atoms with Gasteiger partial charge in [-0.3, -0.25) is 24.2 Å². The Kier molecular flexibility index (Phi) is 4.47. The van der Waals surface area contributed by atoms with Crippen molar-refractivity contribution in [2.45, 2.75) is 13.3 Å². The average molecular weight is 443 g/mol. The fourth-order valence-corrected chi connectivity index (χ4v) is 6.20. The van der Waals surface area contributed by atoms with E-state index in [1.54, 1.807) is 31.4 Å². The Morgan fingerprint density at radius 1 is 1.00 bits per heavy atom. The zero-order valence-electron chi connectivity index (χ0n) is 18.7. The van der Waals surface area contributed by atoms with Crippen LogP contribution in [-0.4, -0.2) is 36.4 Å². The first-order valence-corrected chi connectivity index (χ1v) is 11.5. The number of hydrogen-bond donors (Lipinski definition) is 0. The number of allylic oxidation sites excluding steroid dienone is 2. The van der Waals surface area contributed by atoms with Crippen LogP contribution >= 0.6 is 0 Å². The van der Waals surface area contributed by atoms with E-state index in [1.807, 2.05) is 31.2 Å². The van der Waals surface area contributed by atoms with Gasteiger partial charge in [-0.1, -0.05) is 35.9 Å². The summed E-state index contributed by atoms with van der Waals surface area (Å²) in [6.45, 7) is 1.89. The van der Waals surface area contributed by atoms with E-state index < -0.39 is 0 Å². The molecule has 1 saturated heterocycles. The molecule has 0 spiro atoms. The van der Waals surface area contributed by atoms with Gasteiger partial charge in [0.15, 0.2) is 0 Å². The van der Waals surface area contributed by atoms with Crippen molar-refractivity contribution in [2.75, 3.05) is 18.7 Å². The number of imide groups is 1. The molecule has 1 aliphatic heterocycles. The molecule has 3 fully saturated rings. The second-order valence-corrected chi connectivity index (χ2v) is 9.70. The summed E-state index contributed by atoms with van der Waals surface area (Å²) in [7, 11) is 1.55. The lowest BCUT2D eigenvalue weighted by molar-refractivity contribution is -0.140. The Bertz CT molecular complexity index is 1150. The number of anilines is 1. The highest BCUT2D eigenvalue weighted by molar-refractivity contribution is 6.10. The largest absolute Gasteiger partial charge is 0.497 e. The molecule has 6 heteroatoms. The van der Waals surface area contributed by atoms with Crippen LogP contribution in [0.5, 0.6) is 5.75 Å². The molecule has 168 valence electrons. The molecule has 2 saturated carbocycles. The minimum atomic E-state index is -0.280. The van der Waals surface area contributed by atoms with Gasteiger partial charge in [0.05, 0.1) is 18.9 Å². The van der Waals surface area contributed by atoms with Gasteiger partial charge < -0.3 is 4.74 Å². The zero-order valence-corrected chi connectivity index (χ0v) is 18.7. The maximum absolute atomic E-state index is 13.6. The van der Waals surface area contributed by atoms with E-state index in [9.17, 15) is 14.4 Å². The van der Waals surface area contributed by atoms with Crippen molar-refractivity contribution >= 4 is 23.4 Å². The molecule has 3 amide bonds. The highest BCUT2D eigenvalue weighted by Crippen LogP contribution is 2.65. The number of ether oxygens (including phenoxy) is 1. The minimum absolute atomic E-state index is 0.0848. The molecule has 6 nitrogen and oxygen atoms in total. The standard InChI is InChI=1S/C27H26N2O4/c1-15-6-8-17(9-7-15)28(25(30)16-4-3-5-18(12-16)33-2)14-29-26(31)23-19-10-11-20(22-13-21(19)22)24(23)27(29)32/h3-12,19-24H,13-14H2,1-2H3/t19-,20-,21-,22-,23-,24+/m1/s1. The summed E-state index contributed by atoms with van der Waals surface area (Å²) in [5.41, 5.74) is 2.15. The third-order valence-corrected chi connectivity index (χ3v) is 7.94. The van der Waals surface area contributed by atoms with Gasteiger partial charge in [-0.15, -0.1) is 0 Å². The molecular weight excluding hydrogens is 416 g/mol. The number of benzene rings is 2. The van der Waals surface area contributed by atoms with Crippen LogP contribution in [0.2, 0.25) is 0 Å². The van der Waals surface area contributed by atoms with Gasteiger partial charge in [-0.25, -0.2) is 0 Å². The molecule has 0 unspecified atom stereocenters. The number of hydrogen-bond acceptors (Lipinski definition) is 4. The van der Waals surface area contributed by atoms with Crippen LogP contribution in [-0.2, 0) is 9.59 Å². The van der Waals surface area contributed by atoms with Crippen molar-refractivity contribution in [3.8, 4) is 5.75 Å². The topological polar surface area (TPSA) is 66.9 Å². The van der Waals surface area contributed by atoms with Crippen molar-refractivity contribution in [3.63, 3.8) is 0 Å². The predicted molar refractivity (Wildman–Crippen MR) is 122 cm³/mol. The summed E-state index contributed by atoms with van der Waals surface area (Å²) in [4.78, 5) is 43.5. The average Bonchev–Trinajstić information content (AvgIpc) is 3.63. The van der Waals surface area contributed by atoms with Gasteiger partial charge in [0.2, 0.25) is 11.8 Å². The van der Waals surface area contributed by atoms with Crippen LogP contribution in [0.3, 0.4) is 0 Å². The highest BCUT2D eigenvalue weighted by Gasteiger charge is 2.67. The SMILES string of the molecule is COc1cccc(C(=O)N(CN2C(=O)[C@@H]3[C@@H]4C=C[C@H]([C@H]5C[C@H]45)[C@@H]3C2=O)c2ccc(C)cc2)c1. The van der Waals surface area contributed by atoms with E-state index in [0.29, 0.717) is 28.8 Å². The summed E-state index contributed by atoms with van der Waals surface area (Å²) in [6, 6.07) is 14.5. The summed E-state index contributed by atoms with van der Waals surface area (Å²) in [5.74, 6) is 0.889. The Labute approximate surface area is 192 Å². The Morgan fingerprint density at radius 3 is 2.24 bits per heavy atom. The molecule has 7 rings (SSSR count). The quantitative estimate of drug-likeness (QED) is 0.524. The van der Waals surface area contributed by atoms with E-state index in [0.717, 1.165) is 12.0 Å². The second kappa shape index (κ2) is 7.30. The van der Waals surface area contributed by atoms with Crippen LogP contribution < -0.4 is 9.64 Å². The molecule has 2 aromatic rings. The van der Waals surface area contributed by atoms with Gasteiger partial charge in [-0.2, -0.15) is 0 Å². The van der Waals surface area contributed by atoms with E-state index in [4.69, 9.17) is 4.74 Å². The number of nitrogens with zero attached hydrogens (tertiary/aromatic N) is 2. The van der Waals surface area contributed by atoms with Crippen LogP contribution in [0.1, 0.15) is 22.3 Å². The zero-order chi connectivity index (χ0) is 22.9. The first-order valence-electron chi connectivity index (χ1n) is 11.5. The smallest absolute Gasteiger partial charge is 0.259 e. The van der Waals surface area contributed by atoms with Gasteiger partial charge in [0, 0.05) is 11.3 Å². The minimum Gasteiger partial charge on any atom is -0.497 e. The molecule has 1 heterocycles. The molecule has 5 aliphatic rings. The lowest BCUT2D eigenvalue weighted by Crippen LogP contribution is -2.45. The number of carbonyl (C=O) groups excluding carboxylic acids is 3. The number of likely N-dealkylation sites (tertiary alicyclic amines) is 1. The van der Waals surface area contributed by atoms with Gasteiger partial charge in [0.25, 0.3) is 5.91 Å². The number of aryl methyl sites for hydroxylation is 1. The number of amides is 3. The molecular formula is C27H26N2O4.